The monoisotopic (exact) mass is 404 g/mol. The van der Waals surface area contributed by atoms with Gasteiger partial charge in [-0.25, -0.2) is 4.98 Å². The SMILES string of the molecule is Cc1cccc(C)c1NC(=O)c1ccc(CSc2nc3ccccc3s2)cc1. The Morgan fingerprint density at radius 1 is 0.964 bits per heavy atom. The van der Waals surface area contributed by atoms with E-state index in [2.05, 4.69) is 16.4 Å². The average Bonchev–Trinajstić information content (AvgIpc) is 3.12. The molecule has 0 aliphatic rings. The number of nitrogens with zero attached hydrogens (tertiary/aromatic N) is 1. The highest BCUT2D eigenvalue weighted by Crippen LogP contribution is 2.31. The molecule has 0 unspecified atom stereocenters. The molecular formula is C23H20N2OS2. The fraction of sp³-hybridized carbons (Fsp3) is 0.130. The Balaban J connectivity index is 1.41. The summed E-state index contributed by atoms with van der Waals surface area (Å²) < 4.78 is 2.28. The van der Waals surface area contributed by atoms with Gasteiger partial charge in [0.15, 0.2) is 4.34 Å². The lowest BCUT2D eigenvalue weighted by Crippen LogP contribution is -2.13. The van der Waals surface area contributed by atoms with E-state index < -0.39 is 0 Å². The molecule has 1 aromatic heterocycles. The van der Waals surface area contributed by atoms with Crippen molar-refractivity contribution in [3.05, 3.63) is 89.0 Å². The molecule has 28 heavy (non-hydrogen) atoms. The molecule has 0 radical (unpaired) electrons. The highest BCUT2D eigenvalue weighted by atomic mass is 32.2. The third-order valence-corrected chi connectivity index (χ3v) is 6.82. The van der Waals surface area contributed by atoms with Crippen LogP contribution >= 0.6 is 23.1 Å². The lowest BCUT2D eigenvalue weighted by molar-refractivity contribution is 0.102. The molecule has 4 aromatic rings. The second-order valence-electron chi connectivity index (χ2n) is 6.65. The first kappa shape index (κ1) is 18.7. The Bertz CT molecular complexity index is 1080. The number of anilines is 1. The molecular weight excluding hydrogens is 384 g/mol. The molecule has 140 valence electrons. The smallest absolute Gasteiger partial charge is 0.255 e. The number of benzene rings is 3. The minimum Gasteiger partial charge on any atom is -0.322 e. The number of amides is 1. The largest absolute Gasteiger partial charge is 0.322 e. The molecule has 5 heteroatoms. The number of fused-ring (bicyclic) bond motifs is 1. The summed E-state index contributed by atoms with van der Waals surface area (Å²) in [5.74, 6) is 0.751. The number of aryl methyl sites for hydroxylation is 2. The molecule has 0 saturated heterocycles. The van der Waals surface area contributed by atoms with Crippen LogP contribution < -0.4 is 5.32 Å². The Morgan fingerprint density at radius 3 is 2.39 bits per heavy atom. The molecule has 3 nitrogen and oxygen atoms in total. The van der Waals surface area contributed by atoms with E-state index in [-0.39, 0.29) is 5.91 Å². The fourth-order valence-electron chi connectivity index (χ4n) is 3.01. The lowest BCUT2D eigenvalue weighted by atomic mass is 10.1. The van der Waals surface area contributed by atoms with E-state index in [0.29, 0.717) is 5.56 Å². The maximum Gasteiger partial charge on any atom is 0.255 e. The first-order valence-electron chi connectivity index (χ1n) is 9.05. The van der Waals surface area contributed by atoms with E-state index in [9.17, 15) is 4.79 Å². The van der Waals surface area contributed by atoms with Gasteiger partial charge in [-0.3, -0.25) is 4.79 Å². The molecule has 0 fully saturated rings. The third-order valence-electron chi connectivity index (χ3n) is 4.57. The van der Waals surface area contributed by atoms with Gasteiger partial charge in [0.2, 0.25) is 0 Å². The summed E-state index contributed by atoms with van der Waals surface area (Å²) >= 11 is 3.44. The van der Waals surface area contributed by atoms with E-state index in [1.165, 1.54) is 10.3 Å². The third kappa shape index (κ3) is 4.11. The highest BCUT2D eigenvalue weighted by Gasteiger charge is 2.10. The average molecular weight is 405 g/mol. The molecule has 0 saturated carbocycles. The summed E-state index contributed by atoms with van der Waals surface area (Å²) in [6.45, 7) is 4.01. The fourth-order valence-corrected chi connectivity index (χ4v) is 5.03. The summed E-state index contributed by atoms with van der Waals surface area (Å²) in [6.07, 6.45) is 0. The maximum absolute atomic E-state index is 12.6. The summed E-state index contributed by atoms with van der Waals surface area (Å²) in [4.78, 5) is 17.2. The number of carbonyl (C=O) groups excluding carboxylic acids is 1. The van der Waals surface area contributed by atoms with Crippen molar-refractivity contribution in [1.29, 1.82) is 0 Å². The van der Waals surface area contributed by atoms with Crippen LogP contribution in [-0.2, 0) is 5.75 Å². The van der Waals surface area contributed by atoms with Crippen LogP contribution in [0.3, 0.4) is 0 Å². The van der Waals surface area contributed by atoms with Crippen LogP contribution in [0.15, 0.2) is 71.1 Å². The van der Waals surface area contributed by atoms with Crippen LogP contribution in [0.25, 0.3) is 10.2 Å². The zero-order chi connectivity index (χ0) is 19.5. The molecule has 0 bridgehead atoms. The normalized spacial score (nSPS) is 10.9. The number of nitrogens with one attached hydrogen (secondary N) is 1. The van der Waals surface area contributed by atoms with E-state index >= 15 is 0 Å². The summed E-state index contributed by atoms with van der Waals surface area (Å²) in [7, 11) is 0. The van der Waals surface area contributed by atoms with Gasteiger partial charge in [-0.2, -0.15) is 0 Å². The zero-order valence-electron chi connectivity index (χ0n) is 15.7. The van der Waals surface area contributed by atoms with Crippen molar-refractivity contribution in [3.63, 3.8) is 0 Å². The molecule has 0 aliphatic carbocycles. The Kier molecular flexibility index (Phi) is 5.46. The molecule has 1 heterocycles. The van der Waals surface area contributed by atoms with Gasteiger partial charge in [0.1, 0.15) is 0 Å². The number of thiazole rings is 1. The van der Waals surface area contributed by atoms with Crippen LogP contribution in [-0.4, -0.2) is 10.9 Å². The van der Waals surface area contributed by atoms with Crippen LogP contribution in [0.4, 0.5) is 5.69 Å². The van der Waals surface area contributed by atoms with Crippen LogP contribution in [0, 0.1) is 13.8 Å². The lowest BCUT2D eigenvalue weighted by Gasteiger charge is -2.11. The predicted octanol–water partition coefficient (Wildman–Crippen LogP) is 6.46. The van der Waals surface area contributed by atoms with E-state index in [1.807, 2.05) is 74.5 Å². The molecule has 3 aromatic carbocycles. The first-order valence-corrected chi connectivity index (χ1v) is 10.9. The number of para-hydroxylation sites is 2. The van der Waals surface area contributed by atoms with Gasteiger partial charge in [-0.05, 0) is 54.8 Å². The van der Waals surface area contributed by atoms with Crippen LogP contribution in [0.1, 0.15) is 27.0 Å². The standard InChI is InChI=1S/C23H20N2OS2/c1-15-6-5-7-16(2)21(15)25-22(26)18-12-10-17(11-13-18)14-27-23-24-19-8-3-4-9-20(19)28-23/h3-13H,14H2,1-2H3,(H,25,26). The number of carbonyl (C=O) groups is 1. The Hall–Kier alpha value is -2.63. The minimum atomic E-state index is -0.0808. The summed E-state index contributed by atoms with van der Waals surface area (Å²) in [6, 6.07) is 22.0. The van der Waals surface area contributed by atoms with Crippen molar-refractivity contribution in [3.8, 4) is 0 Å². The van der Waals surface area contributed by atoms with E-state index in [0.717, 1.165) is 32.4 Å². The Morgan fingerprint density at radius 2 is 1.68 bits per heavy atom. The molecule has 0 atom stereocenters. The van der Waals surface area contributed by atoms with Gasteiger partial charge in [0.25, 0.3) is 5.91 Å². The minimum absolute atomic E-state index is 0.0808. The number of aromatic nitrogens is 1. The van der Waals surface area contributed by atoms with Crippen molar-refractivity contribution < 1.29 is 4.79 Å². The quantitative estimate of drug-likeness (QED) is 0.388. The number of thioether (sulfide) groups is 1. The predicted molar refractivity (Wildman–Crippen MR) is 119 cm³/mol. The second kappa shape index (κ2) is 8.17. The van der Waals surface area contributed by atoms with Crippen molar-refractivity contribution in [2.45, 2.75) is 23.9 Å². The second-order valence-corrected chi connectivity index (χ2v) is 8.91. The van der Waals surface area contributed by atoms with Crippen LogP contribution in [0.2, 0.25) is 0 Å². The Labute approximate surface area is 172 Å². The van der Waals surface area contributed by atoms with Crippen molar-refractivity contribution >= 4 is 44.9 Å². The maximum atomic E-state index is 12.6. The number of hydrogen-bond donors (Lipinski definition) is 1. The molecule has 0 spiro atoms. The van der Waals surface area contributed by atoms with Crippen molar-refractivity contribution in [1.82, 2.24) is 4.98 Å². The van der Waals surface area contributed by atoms with Gasteiger partial charge in [-0.15, -0.1) is 11.3 Å². The van der Waals surface area contributed by atoms with Crippen molar-refractivity contribution in [2.75, 3.05) is 5.32 Å². The molecule has 1 N–H and O–H groups in total. The topological polar surface area (TPSA) is 42.0 Å². The molecule has 1 amide bonds. The summed E-state index contributed by atoms with van der Waals surface area (Å²) in [5, 5.41) is 3.03. The first-order chi connectivity index (χ1) is 13.6. The van der Waals surface area contributed by atoms with E-state index in [1.54, 1.807) is 23.1 Å². The molecule has 0 aliphatic heterocycles. The van der Waals surface area contributed by atoms with Gasteiger partial charge >= 0.3 is 0 Å². The number of rotatable bonds is 5. The van der Waals surface area contributed by atoms with Gasteiger partial charge < -0.3 is 5.32 Å². The van der Waals surface area contributed by atoms with Gasteiger partial charge in [0.05, 0.1) is 10.2 Å². The van der Waals surface area contributed by atoms with Crippen molar-refractivity contribution in [2.24, 2.45) is 0 Å². The number of hydrogen-bond acceptors (Lipinski definition) is 4. The van der Waals surface area contributed by atoms with Gasteiger partial charge in [-0.1, -0.05) is 54.2 Å². The zero-order valence-corrected chi connectivity index (χ0v) is 17.4. The molecule has 4 rings (SSSR count). The van der Waals surface area contributed by atoms with E-state index in [4.69, 9.17) is 0 Å². The van der Waals surface area contributed by atoms with Gasteiger partial charge in [0, 0.05) is 17.0 Å². The van der Waals surface area contributed by atoms with Crippen LogP contribution in [0.5, 0.6) is 0 Å². The highest BCUT2D eigenvalue weighted by molar-refractivity contribution is 8.00. The summed E-state index contributed by atoms with van der Waals surface area (Å²) in [5.41, 5.74) is 5.91.